The molecule has 0 aliphatic heterocycles. The Kier molecular flexibility index (Phi) is 5.92. The molecule has 134 valence electrons. The van der Waals surface area contributed by atoms with Gasteiger partial charge in [0.05, 0.1) is 12.0 Å². The van der Waals surface area contributed by atoms with Crippen molar-refractivity contribution in [3.8, 4) is 11.5 Å². The molecule has 0 bridgehead atoms. The number of hydrogen-bond acceptors (Lipinski definition) is 5. The summed E-state index contributed by atoms with van der Waals surface area (Å²) in [6.45, 7) is 2.40. The van der Waals surface area contributed by atoms with E-state index in [2.05, 4.69) is 6.92 Å². The van der Waals surface area contributed by atoms with Gasteiger partial charge in [0.25, 0.3) is 0 Å². The summed E-state index contributed by atoms with van der Waals surface area (Å²) in [6.07, 6.45) is 4.17. The fourth-order valence-corrected chi connectivity index (χ4v) is 3.20. The lowest BCUT2D eigenvalue weighted by Crippen LogP contribution is -1.93. The molecule has 0 fully saturated rings. The average Bonchev–Trinajstić information content (AvgIpc) is 3.34. The first-order chi connectivity index (χ1) is 12.7. The van der Waals surface area contributed by atoms with E-state index >= 15 is 0 Å². The van der Waals surface area contributed by atoms with E-state index in [4.69, 9.17) is 13.9 Å². The molecule has 3 aromatic rings. The van der Waals surface area contributed by atoms with E-state index in [1.807, 2.05) is 48.5 Å². The van der Waals surface area contributed by atoms with E-state index in [1.54, 1.807) is 13.2 Å². The summed E-state index contributed by atoms with van der Waals surface area (Å²) in [6, 6.07) is 14.9. The number of aryl methyl sites for hydroxylation is 1. The van der Waals surface area contributed by atoms with E-state index in [9.17, 15) is 4.79 Å². The van der Waals surface area contributed by atoms with Gasteiger partial charge in [-0.15, -0.1) is 11.3 Å². The van der Waals surface area contributed by atoms with Gasteiger partial charge in [-0.25, -0.2) is 0 Å². The highest BCUT2D eigenvalue weighted by atomic mass is 32.1. The molecule has 1 aromatic carbocycles. The standard InChI is InChI=1S/C21H20O4S/c1-3-19-11-13-21(26-19)20(22)12-10-17-8-9-18(25-17)14-24-16-6-4-15(23-2)5-7-16/h4-13H,3,14H2,1-2H3/b12-10+. The van der Waals surface area contributed by atoms with Crippen LogP contribution in [-0.4, -0.2) is 12.9 Å². The van der Waals surface area contributed by atoms with Gasteiger partial charge in [-0.1, -0.05) is 6.92 Å². The summed E-state index contributed by atoms with van der Waals surface area (Å²) in [5.74, 6) is 2.82. The third kappa shape index (κ3) is 4.64. The molecule has 0 saturated carbocycles. The Morgan fingerprint density at radius 1 is 1.08 bits per heavy atom. The number of rotatable bonds is 8. The van der Waals surface area contributed by atoms with Crippen LogP contribution in [0.5, 0.6) is 11.5 Å². The highest BCUT2D eigenvalue weighted by Gasteiger charge is 2.06. The number of ketones is 1. The summed E-state index contributed by atoms with van der Waals surface area (Å²) in [7, 11) is 1.62. The number of allylic oxidation sites excluding steroid dienone is 1. The largest absolute Gasteiger partial charge is 0.497 e. The molecule has 0 saturated heterocycles. The molecular formula is C21H20O4S. The van der Waals surface area contributed by atoms with Crippen LogP contribution in [0.2, 0.25) is 0 Å². The van der Waals surface area contributed by atoms with Gasteiger partial charge in [-0.2, -0.15) is 0 Å². The lowest BCUT2D eigenvalue weighted by molar-refractivity contribution is 0.105. The molecule has 0 N–H and O–H groups in total. The van der Waals surface area contributed by atoms with Crippen molar-refractivity contribution in [2.24, 2.45) is 0 Å². The van der Waals surface area contributed by atoms with Gasteiger partial charge in [0.2, 0.25) is 0 Å². The van der Waals surface area contributed by atoms with Gasteiger partial charge < -0.3 is 13.9 Å². The quantitative estimate of drug-likeness (QED) is 0.395. The smallest absolute Gasteiger partial charge is 0.195 e. The maximum absolute atomic E-state index is 12.2. The highest BCUT2D eigenvalue weighted by molar-refractivity contribution is 7.14. The Labute approximate surface area is 156 Å². The van der Waals surface area contributed by atoms with E-state index < -0.39 is 0 Å². The van der Waals surface area contributed by atoms with E-state index in [1.165, 1.54) is 22.3 Å². The van der Waals surface area contributed by atoms with Crippen molar-refractivity contribution in [1.82, 2.24) is 0 Å². The Morgan fingerprint density at radius 3 is 2.54 bits per heavy atom. The summed E-state index contributed by atoms with van der Waals surface area (Å²) in [5, 5.41) is 0. The number of furan rings is 1. The molecular weight excluding hydrogens is 348 g/mol. The Balaban J connectivity index is 1.55. The van der Waals surface area contributed by atoms with Gasteiger partial charge >= 0.3 is 0 Å². The molecule has 2 heterocycles. The SMILES string of the molecule is CCc1ccc(C(=O)/C=C/c2ccc(COc3ccc(OC)cc3)o2)s1. The fraction of sp³-hybridized carbons (Fsp3) is 0.190. The van der Waals surface area contributed by atoms with Crippen molar-refractivity contribution in [2.45, 2.75) is 20.0 Å². The first-order valence-corrected chi connectivity index (χ1v) is 9.16. The van der Waals surface area contributed by atoms with Crippen molar-refractivity contribution in [3.63, 3.8) is 0 Å². The molecule has 3 rings (SSSR count). The molecule has 26 heavy (non-hydrogen) atoms. The third-order valence-corrected chi connectivity index (χ3v) is 5.02. The Bertz CT molecular complexity index is 887. The number of benzene rings is 1. The number of carbonyl (C=O) groups is 1. The van der Waals surface area contributed by atoms with E-state index in [0.29, 0.717) is 18.1 Å². The van der Waals surface area contributed by atoms with Crippen molar-refractivity contribution in [1.29, 1.82) is 0 Å². The first kappa shape index (κ1) is 18.0. The van der Waals surface area contributed by atoms with Crippen LogP contribution in [0, 0.1) is 0 Å². The van der Waals surface area contributed by atoms with Crippen molar-refractivity contribution < 1.29 is 18.7 Å². The van der Waals surface area contributed by atoms with Gasteiger partial charge in [0.15, 0.2) is 5.78 Å². The zero-order chi connectivity index (χ0) is 18.4. The monoisotopic (exact) mass is 368 g/mol. The van der Waals surface area contributed by atoms with Crippen LogP contribution < -0.4 is 9.47 Å². The summed E-state index contributed by atoms with van der Waals surface area (Å²) >= 11 is 1.53. The molecule has 0 unspecified atom stereocenters. The fourth-order valence-electron chi connectivity index (χ4n) is 2.33. The molecule has 0 amide bonds. The maximum atomic E-state index is 12.2. The zero-order valence-electron chi connectivity index (χ0n) is 14.7. The van der Waals surface area contributed by atoms with Gasteiger partial charge in [0, 0.05) is 4.88 Å². The molecule has 2 aromatic heterocycles. The minimum Gasteiger partial charge on any atom is -0.497 e. The van der Waals surface area contributed by atoms with Crippen LogP contribution in [0.15, 0.2) is 59.0 Å². The van der Waals surface area contributed by atoms with Crippen LogP contribution in [0.1, 0.15) is 33.0 Å². The number of carbonyl (C=O) groups excluding carboxylic acids is 1. The summed E-state index contributed by atoms with van der Waals surface area (Å²) in [5.41, 5.74) is 0. The van der Waals surface area contributed by atoms with Gasteiger partial charge in [-0.3, -0.25) is 4.79 Å². The van der Waals surface area contributed by atoms with E-state index in [-0.39, 0.29) is 5.78 Å². The van der Waals surface area contributed by atoms with Gasteiger partial charge in [0.1, 0.15) is 29.6 Å². The molecule has 0 spiro atoms. The second kappa shape index (κ2) is 8.54. The van der Waals surface area contributed by atoms with Crippen molar-refractivity contribution in [3.05, 3.63) is 75.9 Å². The van der Waals surface area contributed by atoms with Crippen molar-refractivity contribution in [2.75, 3.05) is 7.11 Å². The molecule has 4 nitrogen and oxygen atoms in total. The minimum atomic E-state index is -0.0119. The number of ether oxygens (including phenoxy) is 2. The lowest BCUT2D eigenvalue weighted by atomic mass is 10.2. The van der Waals surface area contributed by atoms with Crippen LogP contribution >= 0.6 is 11.3 Å². The topological polar surface area (TPSA) is 48.7 Å². The van der Waals surface area contributed by atoms with Crippen LogP contribution in [0.25, 0.3) is 6.08 Å². The zero-order valence-corrected chi connectivity index (χ0v) is 15.5. The molecule has 0 radical (unpaired) electrons. The normalized spacial score (nSPS) is 11.0. The van der Waals surface area contributed by atoms with Crippen LogP contribution in [-0.2, 0) is 13.0 Å². The van der Waals surface area contributed by atoms with E-state index in [0.717, 1.165) is 22.8 Å². The van der Waals surface area contributed by atoms with Gasteiger partial charge in [-0.05, 0) is 67.1 Å². The van der Waals surface area contributed by atoms with Crippen molar-refractivity contribution >= 4 is 23.2 Å². The summed E-state index contributed by atoms with van der Waals surface area (Å²) < 4.78 is 16.5. The average molecular weight is 368 g/mol. The second-order valence-electron chi connectivity index (χ2n) is 5.59. The molecule has 0 aliphatic carbocycles. The number of hydrogen-bond donors (Lipinski definition) is 0. The number of thiophene rings is 1. The van der Waals surface area contributed by atoms with Crippen LogP contribution in [0.4, 0.5) is 0 Å². The lowest BCUT2D eigenvalue weighted by Gasteiger charge is -2.05. The predicted octanol–water partition coefficient (Wildman–Crippen LogP) is 5.39. The van der Waals surface area contributed by atoms with Crippen LogP contribution in [0.3, 0.4) is 0 Å². The molecule has 0 atom stereocenters. The summed E-state index contributed by atoms with van der Waals surface area (Å²) in [4.78, 5) is 14.1. The maximum Gasteiger partial charge on any atom is 0.195 e. The molecule has 5 heteroatoms. The predicted molar refractivity (Wildman–Crippen MR) is 103 cm³/mol. The molecule has 0 aliphatic rings. The Morgan fingerprint density at radius 2 is 1.85 bits per heavy atom. The Hall–Kier alpha value is -2.79. The third-order valence-electron chi connectivity index (χ3n) is 3.77. The minimum absolute atomic E-state index is 0.0119. The first-order valence-electron chi connectivity index (χ1n) is 8.34. The highest BCUT2D eigenvalue weighted by Crippen LogP contribution is 2.20. The number of methoxy groups -OCH3 is 1. The second-order valence-corrected chi connectivity index (χ2v) is 6.75.